The molecule has 3 N–H and O–H groups in total. The Bertz CT molecular complexity index is 437. The molecule has 0 saturated carbocycles. The minimum absolute atomic E-state index is 0.0189. The average Bonchev–Trinajstić information content (AvgIpc) is 2.36. The van der Waals surface area contributed by atoms with Crippen molar-refractivity contribution in [3.05, 3.63) is 35.1 Å². The van der Waals surface area contributed by atoms with Gasteiger partial charge in [0.1, 0.15) is 5.82 Å². The monoisotopic (exact) mass is 269 g/mol. The smallest absolute Gasteiger partial charge is 0.303 e. The zero-order valence-corrected chi connectivity index (χ0v) is 11.2. The third-order valence-electron chi connectivity index (χ3n) is 3.04. The maximum absolute atomic E-state index is 13.2. The van der Waals surface area contributed by atoms with Gasteiger partial charge in [-0.15, -0.1) is 0 Å². The number of nitrogens with one attached hydrogen (secondary N) is 1. The number of aliphatic hydroxyl groups excluding tert-OH is 1. The number of benzene rings is 1. The van der Waals surface area contributed by atoms with Crippen LogP contribution in [0.25, 0.3) is 0 Å². The van der Waals surface area contributed by atoms with Crippen molar-refractivity contribution in [1.29, 1.82) is 0 Å². The van der Waals surface area contributed by atoms with Crippen molar-refractivity contribution >= 4 is 5.97 Å². The highest BCUT2D eigenvalue weighted by molar-refractivity contribution is 5.66. The quantitative estimate of drug-likeness (QED) is 0.708. The van der Waals surface area contributed by atoms with Crippen molar-refractivity contribution in [3.63, 3.8) is 0 Å². The van der Waals surface area contributed by atoms with Crippen LogP contribution in [-0.4, -0.2) is 28.8 Å². The maximum Gasteiger partial charge on any atom is 0.303 e. The molecule has 0 radical (unpaired) electrons. The summed E-state index contributed by atoms with van der Waals surface area (Å²) in [6.45, 7) is 4.14. The summed E-state index contributed by atoms with van der Waals surface area (Å²) >= 11 is 0. The van der Waals surface area contributed by atoms with Crippen molar-refractivity contribution in [2.24, 2.45) is 0 Å². The summed E-state index contributed by atoms with van der Waals surface area (Å²) in [6, 6.07) is 4.07. The van der Waals surface area contributed by atoms with Gasteiger partial charge in [-0.1, -0.05) is 19.1 Å². The molecule has 0 amide bonds. The molecule has 2 atom stereocenters. The number of carbonyl (C=O) groups is 1. The van der Waals surface area contributed by atoms with Gasteiger partial charge in [-0.05, 0) is 37.1 Å². The first-order chi connectivity index (χ1) is 8.95. The van der Waals surface area contributed by atoms with Gasteiger partial charge in [-0.2, -0.15) is 0 Å². The first-order valence-electron chi connectivity index (χ1n) is 6.35. The van der Waals surface area contributed by atoms with Gasteiger partial charge in [0.25, 0.3) is 0 Å². The van der Waals surface area contributed by atoms with E-state index in [1.807, 2.05) is 6.92 Å². The molecule has 0 fully saturated rings. The Balaban J connectivity index is 2.81. The van der Waals surface area contributed by atoms with Crippen LogP contribution in [0, 0.1) is 12.7 Å². The largest absolute Gasteiger partial charge is 0.481 e. The van der Waals surface area contributed by atoms with Gasteiger partial charge in [0, 0.05) is 12.5 Å². The molecule has 0 spiro atoms. The predicted molar refractivity (Wildman–Crippen MR) is 70.4 cm³/mol. The molecule has 0 aromatic heterocycles. The number of aliphatic carboxylic acids is 1. The normalized spacial score (nSPS) is 14.1. The van der Waals surface area contributed by atoms with Crippen LogP contribution in [0.2, 0.25) is 0 Å². The van der Waals surface area contributed by atoms with E-state index in [9.17, 15) is 14.3 Å². The lowest BCUT2D eigenvalue weighted by Crippen LogP contribution is -2.35. The van der Waals surface area contributed by atoms with Gasteiger partial charge >= 0.3 is 5.97 Å². The van der Waals surface area contributed by atoms with Crippen LogP contribution >= 0.6 is 0 Å². The summed E-state index contributed by atoms with van der Waals surface area (Å²) in [6.07, 6.45) is -0.547. The van der Waals surface area contributed by atoms with E-state index in [2.05, 4.69) is 5.32 Å². The number of rotatable bonds is 7. The van der Waals surface area contributed by atoms with Crippen molar-refractivity contribution in [1.82, 2.24) is 5.32 Å². The number of hydrogen-bond donors (Lipinski definition) is 3. The zero-order valence-electron chi connectivity index (χ0n) is 11.2. The standard InChI is InChI=1S/C14H20FNO3/c1-3-16-12(6-7-13(17)18)14(19)10-4-5-11(15)9(2)8-10/h4-5,8,12,14,16,19H,3,6-7H2,1-2H3,(H,17,18). The lowest BCUT2D eigenvalue weighted by atomic mass is 9.97. The molecule has 106 valence electrons. The molecule has 1 rings (SSSR count). The molecule has 2 unspecified atom stereocenters. The molecular formula is C14H20FNO3. The lowest BCUT2D eigenvalue weighted by Gasteiger charge is -2.24. The summed E-state index contributed by atoms with van der Waals surface area (Å²) in [5.41, 5.74) is 1.06. The zero-order chi connectivity index (χ0) is 14.4. The van der Waals surface area contributed by atoms with E-state index < -0.39 is 12.1 Å². The number of hydrogen-bond acceptors (Lipinski definition) is 3. The molecule has 0 aliphatic rings. The highest BCUT2D eigenvalue weighted by atomic mass is 19.1. The lowest BCUT2D eigenvalue weighted by molar-refractivity contribution is -0.137. The van der Waals surface area contributed by atoms with Crippen LogP contribution in [0.4, 0.5) is 4.39 Å². The highest BCUT2D eigenvalue weighted by Crippen LogP contribution is 2.22. The van der Waals surface area contributed by atoms with Crippen LogP contribution in [0.5, 0.6) is 0 Å². The fourth-order valence-electron chi connectivity index (χ4n) is 2.00. The van der Waals surface area contributed by atoms with Crippen LogP contribution < -0.4 is 5.32 Å². The molecule has 0 aliphatic carbocycles. The molecule has 0 aliphatic heterocycles. The van der Waals surface area contributed by atoms with Crippen LogP contribution in [-0.2, 0) is 4.79 Å². The minimum Gasteiger partial charge on any atom is -0.481 e. The Morgan fingerprint density at radius 1 is 1.47 bits per heavy atom. The van der Waals surface area contributed by atoms with Crippen molar-refractivity contribution in [3.8, 4) is 0 Å². The van der Waals surface area contributed by atoms with E-state index >= 15 is 0 Å². The molecule has 1 aromatic rings. The summed E-state index contributed by atoms with van der Waals surface area (Å²) in [4.78, 5) is 10.6. The van der Waals surface area contributed by atoms with Gasteiger partial charge in [0.15, 0.2) is 0 Å². The van der Waals surface area contributed by atoms with Gasteiger partial charge in [-0.25, -0.2) is 4.39 Å². The number of aliphatic hydroxyl groups is 1. The van der Waals surface area contributed by atoms with E-state index in [1.54, 1.807) is 13.0 Å². The maximum atomic E-state index is 13.2. The summed E-state index contributed by atoms with van der Waals surface area (Å²) in [5, 5.41) is 22.0. The minimum atomic E-state index is -0.898. The van der Waals surface area contributed by atoms with Crippen LogP contribution in [0.1, 0.15) is 37.0 Å². The number of carboxylic acids is 1. The Morgan fingerprint density at radius 3 is 2.68 bits per heavy atom. The van der Waals surface area contributed by atoms with Crippen molar-refractivity contribution in [2.45, 2.75) is 38.8 Å². The van der Waals surface area contributed by atoms with E-state index in [0.717, 1.165) is 0 Å². The predicted octanol–water partition coefficient (Wildman–Crippen LogP) is 2.01. The van der Waals surface area contributed by atoms with E-state index in [-0.39, 0.29) is 18.3 Å². The Labute approximate surface area is 112 Å². The Hall–Kier alpha value is -1.46. The molecule has 19 heavy (non-hydrogen) atoms. The second-order valence-corrected chi connectivity index (χ2v) is 4.55. The van der Waals surface area contributed by atoms with Gasteiger partial charge in [0.05, 0.1) is 6.10 Å². The first kappa shape index (κ1) is 15.6. The molecule has 1 aromatic carbocycles. The third-order valence-corrected chi connectivity index (χ3v) is 3.04. The molecule has 5 heteroatoms. The first-order valence-corrected chi connectivity index (χ1v) is 6.35. The molecule has 0 heterocycles. The fourth-order valence-corrected chi connectivity index (χ4v) is 2.00. The summed E-state index contributed by atoms with van der Waals surface area (Å²) in [5.74, 6) is -1.22. The van der Waals surface area contributed by atoms with Gasteiger partial charge in [-0.3, -0.25) is 4.79 Å². The fraction of sp³-hybridized carbons (Fsp3) is 0.500. The van der Waals surface area contributed by atoms with E-state index in [4.69, 9.17) is 5.11 Å². The number of carboxylic acid groups (broad SMARTS) is 1. The van der Waals surface area contributed by atoms with Crippen LogP contribution in [0.15, 0.2) is 18.2 Å². The molecule has 0 saturated heterocycles. The SMILES string of the molecule is CCNC(CCC(=O)O)C(O)c1ccc(F)c(C)c1. The van der Waals surface area contributed by atoms with Crippen LogP contribution in [0.3, 0.4) is 0 Å². The van der Waals surface area contributed by atoms with Gasteiger partial charge < -0.3 is 15.5 Å². The molecule has 0 bridgehead atoms. The van der Waals surface area contributed by atoms with Crippen molar-refractivity contribution in [2.75, 3.05) is 6.54 Å². The number of aryl methyl sites for hydroxylation is 1. The topological polar surface area (TPSA) is 69.6 Å². The number of likely N-dealkylation sites (N-methyl/N-ethyl adjacent to an activating group) is 1. The van der Waals surface area contributed by atoms with E-state index in [1.165, 1.54) is 12.1 Å². The average molecular weight is 269 g/mol. The molecular weight excluding hydrogens is 249 g/mol. The highest BCUT2D eigenvalue weighted by Gasteiger charge is 2.21. The molecule has 4 nitrogen and oxygen atoms in total. The second kappa shape index (κ2) is 7.21. The summed E-state index contributed by atoms with van der Waals surface area (Å²) < 4.78 is 13.2. The Kier molecular flexibility index (Phi) is 5.92. The Morgan fingerprint density at radius 2 is 2.16 bits per heavy atom. The number of halogens is 1. The van der Waals surface area contributed by atoms with Crippen molar-refractivity contribution < 1.29 is 19.4 Å². The second-order valence-electron chi connectivity index (χ2n) is 4.55. The van der Waals surface area contributed by atoms with E-state index in [0.29, 0.717) is 24.1 Å². The van der Waals surface area contributed by atoms with Gasteiger partial charge in [0.2, 0.25) is 0 Å². The third kappa shape index (κ3) is 4.61. The summed E-state index contributed by atoms with van der Waals surface area (Å²) in [7, 11) is 0.